The molecule has 0 saturated heterocycles. The number of aliphatic hydroxyl groups is 1. The maximum atomic E-state index is 13.9. The normalized spacial score (nSPS) is 11.0. The van der Waals surface area contributed by atoms with E-state index >= 15 is 0 Å². The summed E-state index contributed by atoms with van der Waals surface area (Å²) < 4.78 is 58.8. The highest BCUT2D eigenvalue weighted by Gasteiger charge is 2.22. The molecule has 1 aromatic heterocycles. The molecule has 0 spiro atoms. The lowest BCUT2D eigenvalue weighted by Crippen LogP contribution is -1.93. The van der Waals surface area contributed by atoms with Gasteiger partial charge in [0.1, 0.15) is 17.3 Å². The second-order valence-corrected chi connectivity index (χ2v) is 4.76. The van der Waals surface area contributed by atoms with Crippen molar-refractivity contribution in [2.24, 2.45) is 0 Å². The summed E-state index contributed by atoms with van der Waals surface area (Å²) in [7, 11) is 0. The van der Waals surface area contributed by atoms with Gasteiger partial charge in [0.2, 0.25) is 0 Å². The van der Waals surface area contributed by atoms with Crippen LogP contribution in [-0.4, -0.2) is 10.3 Å². The van der Waals surface area contributed by atoms with Gasteiger partial charge in [0, 0.05) is 11.6 Å². The Kier molecular flexibility index (Phi) is 3.87. The Morgan fingerprint density at radius 3 is 2.35 bits per heavy atom. The van der Waals surface area contributed by atoms with E-state index in [1.54, 1.807) is 0 Å². The number of hydrogen-bond donors (Lipinski definition) is 1. The Morgan fingerprint density at radius 1 is 1.00 bits per heavy atom. The molecule has 1 N–H and O–H groups in total. The van der Waals surface area contributed by atoms with Crippen molar-refractivity contribution < 1.29 is 27.2 Å². The molecule has 0 unspecified atom stereocenters. The monoisotopic (exact) mass is 323 g/mol. The molecular weight excluding hydrogens is 314 g/mol. The van der Waals surface area contributed by atoms with Gasteiger partial charge in [0.25, 0.3) is 0 Å². The van der Waals surface area contributed by atoms with Gasteiger partial charge in [-0.2, -0.15) is 0 Å². The van der Waals surface area contributed by atoms with E-state index in [0.717, 1.165) is 18.2 Å². The molecule has 0 aliphatic rings. The molecule has 0 radical (unpaired) electrons. The largest absolute Gasteiger partial charge is 0.391 e. The number of benzene rings is 2. The molecule has 0 aliphatic heterocycles. The predicted octanol–water partition coefficient (Wildman–Crippen LogP) is 4.06. The molecule has 0 bridgehead atoms. The van der Waals surface area contributed by atoms with Gasteiger partial charge in [-0.1, -0.05) is 11.2 Å². The molecule has 0 amide bonds. The molecule has 0 atom stereocenters. The zero-order valence-electron chi connectivity index (χ0n) is 11.5. The van der Waals surface area contributed by atoms with Gasteiger partial charge < -0.3 is 9.63 Å². The van der Waals surface area contributed by atoms with E-state index in [4.69, 9.17) is 4.52 Å². The Hall–Kier alpha value is -2.67. The van der Waals surface area contributed by atoms with Crippen LogP contribution in [0.3, 0.4) is 0 Å². The molecule has 3 rings (SSSR count). The molecule has 7 heteroatoms. The summed E-state index contributed by atoms with van der Waals surface area (Å²) in [4.78, 5) is 0. The van der Waals surface area contributed by atoms with Crippen molar-refractivity contribution in [3.05, 3.63) is 65.2 Å². The van der Waals surface area contributed by atoms with Gasteiger partial charge in [0.15, 0.2) is 17.4 Å². The number of nitrogens with zero attached hydrogens (tertiary/aromatic N) is 1. The van der Waals surface area contributed by atoms with E-state index in [9.17, 15) is 22.7 Å². The first-order chi connectivity index (χ1) is 11.0. The molecule has 118 valence electrons. The highest BCUT2D eigenvalue weighted by Crippen LogP contribution is 2.34. The first-order valence-corrected chi connectivity index (χ1v) is 6.51. The van der Waals surface area contributed by atoms with Crippen LogP contribution in [0.5, 0.6) is 0 Å². The average Bonchev–Trinajstić information content (AvgIpc) is 2.92. The molecular formula is C16H9F4NO2. The van der Waals surface area contributed by atoms with Crippen molar-refractivity contribution in [1.29, 1.82) is 0 Å². The Bertz CT molecular complexity index is 856. The second-order valence-electron chi connectivity index (χ2n) is 4.76. The number of rotatable bonds is 3. The standard InChI is InChI=1S/C16H9F4NO2/c17-9-4-8(5-10(18)6-9)15-12(7-22)16(23-21-15)11-2-1-3-13(19)14(11)20/h1-6,22H,7H2. The molecule has 3 nitrogen and oxygen atoms in total. The minimum Gasteiger partial charge on any atom is -0.391 e. The van der Waals surface area contributed by atoms with E-state index in [1.807, 2.05) is 0 Å². The lowest BCUT2D eigenvalue weighted by molar-refractivity contribution is 0.281. The molecule has 23 heavy (non-hydrogen) atoms. The summed E-state index contributed by atoms with van der Waals surface area (Å²) in [6.07, 6.45) is 0. The van der Waals surface area contributed by atoms with Crippen molar-refractivity contribution >= 4 is 0 Å². The van der Waals surface area contributed by atoms with E-state index < -0.39 is 29.9 Å². The van der Waals surface area contributed by atoms with Gasteiger partial charge >= 0.3 is 0 Å². The third-order valence-corrected chi connectivity index (χ3v) is 3.28. The van der Waals surface area contributed by atoms with Crippen LogP contribution in [0.15, 0.2) is 40.9 Å². The van der Waals surface area contributed by atoms with Crippen molar-refractivity contribution in [1.82, 2.24) is 5.16 Å². The van der Waals surface area contributed by atoms with Gasteiger partial charge in [0.05, 0.1) is 17.7 Å². The van der Waals surface area contributed by atoms with Crippen molar-refractivity contribution in [2.45, 2.75) is 6.61 Å². The maximum absolute atomic E-state index is 13.9. The van der Waals surface area contributed by atoms with Crippen LogP contribution < -0.4 is 0 Å². The fraction of sp³-hybridized carbons (Fsp3) is 0.0625. The summed E-state index contributed by atoms with van der Waals surface area (Å²) in [6.45, 7) is -0.637. The SMILES string of the molecule is OCc1c(-c2cc(F)cc(F)c2)noc1-c1cccc(F)c1F. The van der Waals surface area contributed by atoms with Crippen LogP contribution in [0.4, 0.5) is 17.6 Å². The van der Waals surface area contributed by atoms with E-state index in [1.165, 1.54) is 12.1 Å². The zero-order chi connectivity index (χ0) is 16.6. The summed E-state index contributed by atoms with van der Waals surface area (Å²) in [5.74, 6) is -4.16. The summed E-state index contributed by atoms with van der Waals surface area (Å²) >= 11 is 0. The van der Waals surface area contributed by atoms with E-state index in [0.29, 0.717) is 6.07 Å². The smallest absolute Gasteiger partial charge is 0.176 e. The number of aromatic nitrogens is 1. The highest BCUT2D eigenvalue weighted by atomic mass is 19.2. The third-order valence-electron chi connectivity index (χ3n) is 3.28. The van der Waals surface area contributed by atoms with Crippen LogP contribution in [0.25, 0.3) is 22.6 Å². The first kappa shape index (κ1) is 15.2. The van der Waals surface area contributed by atoms with E-state index in [2.05, 4.69) is 5.16 Å². The lowest BCUT2D eigenvalue weighted by Gasteiger charge is -2.03. The van der Waals surface area contributed by atoms with Crippen molar-refractivity contribution in [3.63, 3.8) is 0 Å². The molecule has 3 aromatic rings. The molecule has 0 saturated carbocycles. The quantitative estimate of drug-likeness (QED) is 0.740. The topological polar surface area (TPSA) is 46.3 Å². The fourth-order valence-electron chi connectivity index (χ4n) is 2.26. The van der Waals surface area contributed by atoms with Gasteiger partial charge in [-0.15, -0.1) is 0 Å². The Morgan fingerprint density at radius 2 is 1.70 bits per heavy atom. The highest BCUT2D eigenvalue weighted by molar-refractivity contribution is 5.72. The van der Waals surface area contributed by atoms with Gasteiger partial charge in [-0.25, -0.2) is 17.6 Å². The van der Waals surface area contributed by atoms with Crippen LogP contribution in [0, 0.1) is 23.3 Å². The van der Waals surface area contributed by atoms with Crippen LogP contribution in [0.1, 0.15) is 5.56 Å². The Labute approximate surface area is 127 Å². The van der Waals surface area contributed by atoms with Gasteiger partial charge in [-0.3, -0.25) is 0 Å². The second kappa shape index (κ2) is 5.85. The molecule has 0 fully saturated rings. The summed E-state index contributed by atoms with van der Waals surface area (Å²) in [6, 6.07) is 6.09. The average molecular weight is 323 g/mol. The molecule has 2 aromatic carbocycles. The first-order valence-electron chi connectivity index (χ1n) is 6.51. The predicted molar refractivity (Wildman–Crippen MR) is 73.1 cm³/mol. The number of hydrogen-bond acceptors (Lipinski definition) is 3. The zero-order valence-corrected chi connectivity index (χ0v) is 11.5. The minimum absolute atomic E-state index is 0.000463. The molecule has 1 heterocycles. The van der Waals surface area contributed by atoms with Crippen molar-refractivity contribution in [3.8, 4) is 22.6 Å². The maximum Gasteiger partial charge on any atom is 0.176 e. The van der Waals surface area contributed by atoms with Crippen LogP contribution >= 0.6 is 0 Å². The summed E-state index contributed by atoms with van der Waals surface area (Å²) in [5.41, 5.74) is -0.285. The van der Waals surface area contributed by atoms with Crippen LogP contribution in [0.2, 0.25) is 0 Å². The number of halogens is 4. The third kappa shape index (κ3) is 2.70. The fourth-order valence-corrected chi connectivity index (χ4v) is 2.26. The van der Waals surface area contributed by atoms with E-state index in [-0.39, 0.29) is 28.1 Å². The minimum atomic E-state index is -1.17. The number of aliphatic hydroxyl groups excluding tert-OH is 1. The Balaban J connectivity index is 2.19. The lowest BCUT2D eigenvalue weighted by atomic mass is 10.0. The van der Waals surface area contributed by atoms with Crippen LogP contribution in [-0.2, 0) is 6.61 Å². The molecule has 0 aliphatic carbocycles. The summed E-state index contributed by atoms with van der Waals surface area (Å²) in [5, 5.41) is 13.1. The van der Waals surface area contributed by atoms with Gasteiger partial charge in [-0.05, 0) is 24.3 Å². The van der Waals surface area contributed by atoms with Crippen molar-refractivity contribution in [2.75, 3.05) is 0 Å².